The van der Waals surface area contributed by atoms with E-state index in [0.717, 1.165) is 31.6 Å². The topological polar surface area (TPSA) is 0 Å². The average molecular weight is 116 g/mol. The normalized spacial score (nSPS) is 39.8. The number of halogens is 1. The molecule has 0 heterocycles. The average Bonchev–Trinajstić information content (AvgIpc) is 1.77. The number of rotatable bonds is 0. The van der Waals surface area contributed by atoms with Crippen molar-refractivity contribution in [2.45, 2.75) is 38.8 Å². The molecule has 1 fully saturated rings. The van der Waals surface area contributed by atoms with Crippen molar-refractivity contribution in [1.82, 2.24) is 0 Å². The van der Waals surface area contributed by atoms with Crippen LogP contribution >= 0.6 is 0 Å². The van der Waals surface area contributed by atoms with E-state index >= 15 is 0 Å². The van der Waals surface area contributed by atoms with Crippen LogP contribution in [0, 0.1) is 5.92 Å². The van der Waals surface area contributed by atoms with Gasteiger partial charge in [-0.05, 0) is 31.6 Å². The highest BCUT2D eigenvalue weighted by atomic mass is 19.1. The molecule has 0 spiro atoms. The molecule has 0 aliphatic heterocycles. The molecule has 0 aromatic rings. The molecule has 48 valence electrons. The molecule has 1 saturated carbocycles. The van der Waals surface area contributed by atoms with Gasteiger partial charge in [0.25, 0.3) is 0 Å². The standard InChI is InChI=1S/C7H13F/c1-6-2-4-7(8)5-3-6/h6-7H,2-5H2,1H3/t6-,7-. The highest BCUT2D eigenvalue weighted by Crippen LogP contribution is 2.24. The van der Waals surface area contributed by atoms with E-state index in [2.05, 4.69) is 6.92 Å². The van der Waals surface area contributed by atoms with E-state index in [-0.39, 0.29) is 0 Å². The van der Waals surface area contributed by atoms with Crippen molar-refractivity contribution in [3.8, 4) is 0 Å². The van der Waals surface area contributed by atoms with E-state index in [9.17, 15) is 4.39 Å². The Labute approximate surface area is 50.1 Å². The van der Waals surface area contributed by atoms with Gasteiger partial charge < -0.3 is 0 Å². The Hall–Kier alpha value is -0.0700. The predicted octanol–water partition coefficient (Wildman–Crippen LogP) is 2.53. The van der Waals surface area contributed by atoms with Crippen LogP contribution in [-0.4, -0.2) is 6.17 Å². The minimum absolute atomic E-state index is 0.480. The van der Waals surface area contributed by atoms with Crippen molar-refractivity contribution >= 4 is 0 Å². The van der Waals surface area contributed by atoms with Gasteiger partial charge in [0.05, 0.1) is 0 Å². The molecule has 1 aliphatic rings. The first-order valence-electron chi connectivity index (χ1n) is 3.43. The monoisotopic (exact) mass is 116 g/mol. The third kappa shape index (κ3) is 1.46. The summed E-state index contributed by atoms with van der Waals surface area (Å²) in [6.07, 6.45) is 3.33. The SMILES string of the molecule is C[C@H]1CC[C@H](F)CC1. The van der Waals surface area contributed by atoms with Crippen LogP contribution < -0.4 is 0 Å². The summed E-state index contributed by atoms with van der Waals surface area (Å²) >= 11 is 0. The van der Waals surface area contributed by atoms with Gasteiger partial charge in [-0.15, -0.1) is 0 Å². The molecule has 0 amide bonds. The van der Waals surface area contributed by atoms with Crippen LogP contribution in [0.4, 0.5) is 4.39 Å². The van der Waals surface area contributed by atoms with Gasteiger partial charge in [0.2, 0.25) is 0 Å². The van der Waals surface area contributed by atoms with E-state index in [1.165, 1.54) is 0 Å². The molecule has 0 N–H and O–H groups in total. The second-order valence-corrected chi connectivity index (χ2v) is 2.86. The minimum Gasteiger partial charge on any atom is -0.247 e. The minimum atomic E-state index is -0.480. The summed E-state index contributed by atoms with van der Waals surface area (Å²) in [7, 11) is 0. The zero-order valence-electron chi connectivity index (χ0n) is 5.36. The first kappa shape index (κ1) is 6.06. The third-order valence-corrected chi connectivity index (χ3v) is 1.95. The summed E-state index contributed by atoms with van der Waals surface area (Å²) in [6.45, 7) is 2.20. The summed E-state index contributed by atoms with van der Waals surface area (Å²) in [6, 6.07) is 0. The Morgan fingerprint density at radius 1 is 1.12 bits per heavy atom. The summed E-state index contributed by atoms with van der Waals surface area (Å²) in [4.78, 5) is 0. The fourth-order valence-corrected chi connectivity index (χ4v) is 1.22. The van der Waals surface area contributed by atoms with Crippen LogP contribution in [0.15, 0.2) is 0 Å². The lowest BCUT2D eigenvalue weighted by Crippen LogP contribution is -2.11. The van der Waals surface area contributed by atoms with Gasteiger partial charge in [-0.1, -0.05) is 6.92 Å². The first-order valence-corrected chi connectivity index (χ1v) is 3.43. The lowest BCUT2D eigenvalue weighted by molar-refractivity contribution is 0.215. The maximum atomic E-state index is 12.4. The molecule has 0 atom stereocenters. The maximum Gasteiger partial charge on any atom is 0.100 e. The Bertz CT molecular complexity index is 52.8. The fourth-order valence-electron chi connectivity index (χ4n) is 1.22. The van der Waals surface area contributed by atoms with E-state index in [1.807, 2.05) is 0 Å². The smallest absolute Gasteiger partial charge is 0.100 e. The summed E-state index contributed by atoms with van der Waals surface area (Å²) in [5, 5.41) is 0. The molecule has 0 saturated heterocycles. The Kier molecular flexibility index (Phi) is 1.87. The molecule has 0 aromatic heterocycles. The van der Waals surface area contributed by atoms with E-state index < -0.39 is 6.17 Å². The molecule has 1 rings (SSSR count). The molecular weight excluding hydrogens is 103 g/mol. The second-order valence-electron chi connectivity index (χ2n) is 2.86. The molecule has 1 aliphatic carbocycles. The lowest BCUT2D eigenvalue weighted by atomic mass is 9.90. The van der Waals surface area contributed by atoms with E-state index in [0.29, 0.717) is 0 Å². The maximum absolute atomic E-state index is 12.4. The van der Waals surface area contributed by atoms with Crippen LogP contribution in [0.2, 0.25) is 0 Å². The highest BCUT2D eigenvalue weighted by molar-refractivity contribution is 4.67. The number of hydrogen-bond donors (Lipinski definition) is 0. The van der Waals surface area contributed by atoms with Gasteiger partial charge in [-0.2, -0.15) is 0 Å². The Morgan fingerprint density at radius 2 is 1.62 bits per heavy atom. The van der Waals surface area contributed by atoms with Crippen LogP contribution in [0.3, 0.4) is 0 Å². The van der Waals surface area contributed by atoms with Gasteiger partial charge in [0, 0.05) is 0 Å². The molecule has 0 aromatic carbocycles. The Morgan fingerprint density at radius 3 is 2.00 bits per heavy atom. The summed E-state index contributed by atoms with van der Waals surface area (Å²) in [5.74, 6) is 0.780. The highest BCUT2D eigenvalue weighted by Gasteiger charge is 2.16. The van der Waals surface area contributed by atoms with Gasteiger partial charge in [-0.3, -0.25) is 0 Å². The van der Waals surface area contributed by atoms with Crippen molar-refractivity contribution < 1.29 is 4.39 Å². The molecule has 0 nitrogen and oxygen atoms in total. The predicted molar refractivity (Wildman–Crippen MR) is 32.5 cm³/mol. The van der Waals surface area contributed by atoms with Gasteiger partial charge in [-0.25, -0.2) is 4.39 Å². The van der Waals surface area contributed by atoms with E-state index in [1.54, 1.807) is 0 Å². The van der Waals surface area contributed by atoms with Crippen molar-refractivity contribution in [1.29, 1.82) is 0 Å². The van der Waals surface area contributed by atoms with Crippen LogP contribution in [0.1, 0.15) is 32.6 Å². The number of alkyl halides is 1. The van der Waals surface area contributed by atoms with Crippen LogP contribution in [0.25, 0.3) is 0 Å². The van der Waals surface area contributed by atoms with Gasteiger partial charge in [0.15, 0.2) is 0 Å². The lowest BCUT2D eigenvalue weighted by Gasteiger charge is -2.19. The largest absolute Gasteiger partial charge is 0.247 e. The summed E-state index contributed by atoms with van der Waals surface area (Å²) in [5.41, 5.74) is 0. The number of hydrogen-bond acceptors (Lipinski definition) is 0. The molecular formula is C7H13F. The summed E-state index contributed by atoms with van der Waals surface area (Å²) < 4.78 is 12.4. The van der Waals surface area contributed by atoms with Gasteiger partial charge in [0.1, 0.15) is 6.17 Å². The second kappa shape index (κ2) is 2.47. The molecule has 1 heteroatoms. The third-order valence-electron chi connectivity index (χ3n) is 1.95. The zero-order chi connectivity index (χ0) is 5.98. The van der Waals surface area contributed by atoms with E-state index in [4.69, 9.17) is 0 Å². The first-order chi connectivity index (χ1) is 3.79. The zero-order valence-corrected chi connectivity index (χ0v) is 5.36. The Balaban J connectivity index is 2.19. The molecule has 0 unspecified atom stereocenters. The molecule has 0 bridgehead atoms. The van der Waals surface area contributed by atoms with Crippen LogP contribution in [0.5, 0.6) is 0 Å². The van der Waals surface area contributed by atoms with Crippen molar-refractivity contribution in [2.24, 2.45) is 5.92 Å². The van der Waals surface area contributed by atoms with Crippen molar-refractivity contribution in [3.05, 3.63) is 0 Å². The van der Waals surface area contributed by atoms with Crippen molar-refractivity contribution in [2.75, 3.05) is 0 Å². The molecule has 0 radical (unpaired) electrons. The van der Waals surface area contributed by atoms with Crippen LogP contribution in [-0.2, 0) is 0 Å². The fraction of sp³-hybridized carbons (Fsp3) is 1.00. The quantitative estimate of drug-likeness (QED) is 0.456. The van der Waals surface area contributed by atoms with Crippen molar-refractivity contribution in [3.63, 3.8) is 0 Å². The molecule has 8 heavy (non-hydrogen) atoms. The van der Waals surface area contributed by atoms with Gasteiger partial charge >= 0.3 is 0 Å².